The number of aromatic amines is 3. The minimum atomic E-state index is -4.18. The quantitative estimate of drug-likeness (QED) is 0.00924. The first-order valence-corrected chi connectivity index (χ1v) is 47.5. The monoisotopic (exact) mass is 1770 g/mol. The highest BCUT2D eigenvalue weighted by Crippen LogP contribution is 2.57. The van der Waals surface area contributed by atoms with Gasteiger partial charge in [-0.1, -0.05) is 194 Å². The van der Waals surface area contributed by atoms with Crippen molar-refractivity contribution in [2.24, 2.45) is 0 Å². The van der Waals surface area contributed by atoms with E-state index in [0.717, 1.165) is 75.0 Å². The Kier molecular flexibility index (Phi) is 31.9. The van der Waals surface area contributed by atoms with Crippen molar-refractivity contribution < 1.29 is 79.7 Å². The number of benzene rings is 5. The Morgan fingerprint density at radius 3 is 1.47 bits per heavy atom. The van der Waals surface area contributed by atoms with Crippen molar-refractivity contribution in [2.75, 3.05) is 73.7 Å². The van der Waals surface area contributed by atoms with Crippen molar-refractivity contribution in [1.82, 2.24) is 38.6 Å². The van der Waals surface area contributed by atoms with Gasteiger partial charge in [-0.25, -0.2) is 19.1 Å². The van der Waals surface area contributed by atoms with E-state index in [4.69, 9.17) is 62.4 Å². The van der Waals surface area contributed by atoms with Crippen LogP contribution in [0.5, 0.6) is 0 Å². The number of hydrogen-bond acceptors (Lipinski definition) is 25. The lowest BCUT2D eigenvalue weighted by molar-refractivity contribution is -0.209. The number of nitrogens with one attached hydrogen (secondary N) is 4. The van der Waals surface area contributed by atoms with E-state index in [-0.39, 0.29) is 87.3 Å². The minimum Gasteiger partial charge on any atom is -0.779 e. The molecule has 3 aromatic heterocycles. The van der Waals surface area contributed by atoms with Crippen molar-refractivity contribution in [3.8, 4) is 42.1 Å². The van der Waals surface area contributed by atoms with Crippen molar-refractivity contribution in [3.63, 3.8) is 0 Å². The van der Waals surface area contributed by atoms with Gasteiger partial charge >= 0.3 is 17.1 Å². The summed E-state index contributed by atoms with van der Waals surface area (Å²) < 4.78 is 99.2. The first-order chi connectivity index (χ1) is 59.5. The van der Waals surface area contributed by atoms with Crippen LogP contribution >= 0.6 is 23.7 Å². The Bertz CT molecular complexity index is 5760. The number of ether oxygens (including phenoxy) is 8. The number of fused-ring (bicyclic) bond motifs is 8. The van der Waals surface area contributed by atoms with Crippen LogP contribution in [0.1, 0.15) is 198 Å². The molecule has 666 valence electrons. The topological polar surface area (TPSA) is 412 Å². The molecular weight excluding hydrogens is 1660 g/mol. The van der Waals surface area contributed by atoms with Gasteiger partial charge in [0.15, 0.2) is 18.7 Å². The highest BCUT2D eigenvalue weighted by molar-refractivity contribution is 7.50. The van der Waals surface area contributed by atoms with E-state index in [1.807, 2.05) is 19.1 Å². The second-order valence-electron chi connectivity index (χ2n) is 32.8. The Balaban J connectivity index is 0.000000180. The Labute approximate surface area is 719 Å². The van der Waals surface area contributed by atoms with Crippen molar-refractivity contribution in [3.05, 3.63) is 170 Å². The van der Waals surface area contributed by atoms with Crippen molar-refractivity contribution in [1.29, 1.82) is 5.26 Å². The first-order valence-electron chi connectivity index (χ1n) is 42.4. The maximum atomic E-state index is 13.4. The minimum absolute atomic E-state index is 0.00916. The second kappa shape index (κ2) is 41.9. The molecule has 0 saturated carbocycles. The molecule has 32 nitrogen and oxygen atoms in total. The fraction of sp³-hybridized carbons (Fsp3) is 0.551. The number of H-pyrrole nitrogens is 3. The fourth-order valence-corrected chi connectivity index (χ4v) is 20.6. The summed E-state index contributed by atoms with van der Waals surface area (Å²) in [6.45, 7) is 15.0. The number of methoxy groups -OCH3 is 2. The fourth-order valence-electron chi connectivity index (χ4n) is 17.4. The molecule has 6 fully saturated rings. The zero-order chi connectivity index (χ0) is 88.8. The van der Waals surface area contributed by atoms with Crippen molar-refractivity contribution >= 4 is 72.7 Å². The molecule has 5 aromatic carbocycles. The Morgan fingerprint density at radius 2 is 1.00 bits per heavy atom. The molecule has 6 bridgehead atoms. The summed E-state index contributed by atoms with van der Waals surface area (Å²) in [5, 5.41) is 21.2. The number of nitrogens with zero attached hydrogens (tertiary/aromatic N) is 5. The lowest BCUT2D eigenvalue weighted by atomic mass is 9.88. The Hall–Kier alpha value is -8.63. The maximum Gasteiger partial charge on any atom is 0.330 e. The highest BCUT2D eigenvalue weighted by Gasteiger charge is 2.66. The zero-order valence-electron chi connectivity index (χ0n) is 71.7. The van der Waals surface area contributed by atoms with Crippen LogP contribution in [0.2, 0.25) is 0 Å². The van der Waals surface area contributed by atoms with Gasteiger partial charge in [-0.05, 0) is 89.7 Å². The molecular formula is C89H110N9O23P3-2. The van der Waals surface area contributed by atoms with Gasteiger partial charge in [-0.3, -0.25) is 47.8 Å². The van der Waals surface area contributed by atoms with Crippen LogP contribution in [0, 0.1) is 47.4 Å². The average molecular weight is 1770 g/mol. The summed E-state index contributed by atoms with van der Waals surface area (Å²) in [5.74, 6) is 13.8. The number of amides is 1. The molecule has 9 heterocycles. The predicted octanol–water partition coefficient (Wildman–Crippen LogP) is 10.3. The third kappa shape index (κ3) is 21.4. The molecule has 35 heteroatoms. The number of unbranched alkanes of at least 4 members (excludes halogenated alkanes) is 14. The first kappa shape index (κ1) is 94.5. The normalized spacial score (nSPS) is 24.6. The van der Waals surface area contributed by atoms with E-state index < -0.39 is 130 Å². The number of carbonyl (C=O) groups excluding carboxylic acids is 1. The van der Waals surface area contributed by atoms with Gasteiger partial charge in [0, 0.05) is 70.2 Å². The Morgan fingerprint density at radius 1 is 0.581 bits per heavy atom. The van der Waals surface area contributed by atoms with Gasteiger partial charge < -0.3 is 80.2 Å². The van der Waals surface area contributed by atoms with Crippen LogP contribution in [0.3, 0.4) is 0 Å². The average Bonchev–Trinajstić information content (AvgIpc) is 1.29. The van der Waals surface area contributed by atoms with Crippen LogP contribution in [-0.2, 0) is 69.9 Å². The second-order valence-corrected chi connectivity index (χ2v) is 37.7. The van der Waals surface area contributed by atoms with Crippen LogP contribution in [0.15, 0.2) is 114 Å². The van der Waals surface area contributed by atoms with Crippen LogP contribution in [0.4, 0.5) is 0 Å². The molecule has 14 rings (SSSR count). The van der Waals surface area contributed by atoms with Crippen LogP contribution in [0.25, 0.3) is 43.1 Å². The highest BCUT2D eigenvalue weighted by atomic mass is 31.2. The largest absolute Gasteiger partial charge is 0.779 e. The van der Waals surface area contributed by atoms with E-state index in [9.17, 15) is 57.7 Å². The molecule has 0 spiro atoms. The lowest BCUT2D eigenvalue weighted by Gasteiger charge is -2.38. The SMILES string of the molecule is C#Cc1cn([C@@H]2O[C@]3(COC)CO[C@@H]2C3OP(C)(=O)[O-])c(=O)[nH]c1=O.CCCCCCCCCCCCCCCCCC(=O)NCC#Cc1cn([C@@H]2O[C@]3(COC)CO[C@@H]2C3OP(C)(=O)[O-])c(=O)[nH]c1=O.CC[C@@]12CO[C@H](C1OP(OCCC#N)N(C(C)C)C(C)C)[C@H](n1cc(C#Cc3ccc4c5cccc6cccc(c7cccc3c74)c65)c(=O)[nH]c1=O)O2. The van der Waals surface area contributed by atoms with E-state index in [1.165, 1.54) is 130 Å². The molecule has 0 aliphatic carbocycles. The number of aromatic nitrogens is 6. The molecule has 0 radical (unpaired) electrons. The third-order valence-electron chi connectivity index (χ3n) is 23.1. The molecule has 6 saturated heterocycles. The summed E-state index contributed by atoms with van der Waals surface area (Å²) in [7, 11) is -7.05. The number of carbonyl (C=O) groups is 1. The maximum absolute atomic E-state index is 13.4. The molecule has 6 aliphatic heterocycles. The van der Waals surface area contributed by atoms with Crippen LogP contribution < -0.4 is 48.9 Å². The summed E-state index contributed by atoms with van der Waals surface area (Å²) in [4.78, 5) is 118. The zero-order valence-corrected chi connectivity index (χ0v) is 74.3. The molecule has 8 aromatic rings. The molecule has 15 atom stereocenters. The van der Waals surface area contributed by atoms with Crippen LogP contribution in [-0.4, -0.2) is 178 Å². The molecule has 4 N–H and O–H groups in total. The standard InChI is InChI=1S/C42H41N4O6P.C33H54N3O9P.C14H17N2O8P/c1-6-42-24-49-37(38(42)52-53(50-22-10-21-43)46(25(2)3)26(4)5)40(51-42)45-23-29(39(47)44-41(45)48)18-17-27-19-20-34-32-15-8-12-28-11-7-14-31(35(28)32)33-16-9-13-30(27)36(33)34;1-4-5-6-7-8-9-10-11-12-13-14-15-16-17-18-21-27(37)34-22-19-20-26-23-36(32(39)35-30(26)38)31-28-29(45-46(3,40)41)33(44-31,24-42-2)25-43-28;1-4-8-5-16(13(18)15-11(8)17)12-9-10(24-25(3,19)20)14(23-12,6-21-2)7-22-9/h7-9,11-16,19-20,23,25-26,37-38,40H,6,10,22,24H2,1-5H3,(H,44,47,48);23,28-29,31H,4-18,21-22,24-25H2,1-3H3,(H,34,37)(H,40,41)(H,35,38,39);1,5,9-10,12H,6-7H2,2-3H3,(H,19,20)(H,15,17,18)/p-2/t37-,38?,40-,42-,53?;28-,29?,31-,33-;9-,10?,12-,14-/m111/s1. The smallest absolute Gasteiger partial charge is 0.330 e. The molecule has 6 aliphatic rings. The number of hydrogen-bond donors (Lipinski definition) is 4. The molecule has 124 heavy (non-hydrogen) atoms. The molecule has 1 amide bonds. The van der Waals surface area contributed by atoms with Gasteiger partial charge in [0.25, 0.3) is 25.2 Å². The van der Waals surface area contributed by atoms with Gasteiger partial charge in [0.1, 0.15) is 85.3 Å². The number of terminal acetylenes is 1. The molecule has 6 unspecified atom stereocenters. The van der Waals surface area contributed by atoms with E-state index >= 15 is 0 Å². The van der Waals surface area contributed by atoms with E-state index in [2.05, 4.69) is 150 Å². The summed E-state index contributed by atoms with van der Waals surface area (Å²) in [6.07, 6.45) is 21.2. The number of rotatable bonds is 37. The van der Waals surface area contributed by atoms with Gasteiger partial charge in [-0.15, -0.1) is 6.42 Å². The predicted molar refractivity (Wildman–Crippen MR) is 464 cm³/mol. The summed E-state index contributed by atoms with van der Waals surface area (Å²) in [5.41, 5.74) is -6.64. The summed E-state index contributed by atoms with van der Waals surface area (Å²) in [6, 6.07) is 25.5. The third-order valence-corrected chi connectivity index (χ3v) is 26.4. The van der Waals surface area contributed by atoms with Gasteiger partial charge in [0.2, 0.25) is 5.91 Å². The van der Waals surface area contributed by atoms with E-state index in [1.54, 1.807) is 0 Å². The van der Waals surface area contributed by atoms with Crippen molar-refractivity contribution in [2.45, 2.75) is 241 Å². The summed E-state index contributed by atoms with van der Waals surface area (Å²) >= 11 is 0. The number of nitriles is 1. The lowest BCUT2D eigenvalue weighted by Crippen LogP contribution is -2.46. The van der Waals surface area contributed by atoms with E-state index in [0.29, 0.717) is 12.8 Å². The van der Waals surface area contributed by atoms with Gasteiger partial charge in [-0.2, -0.15) is 5.26 Å². The van der Waals surface area contributed by atoms with Gasteiger partial charge in [0.05, 0.1) is 58.7 Å².